The zero-order valence-corrected chi connectivity index (χ0v) is 18.1. The Morgan fingerprint density at radius 2 is 1.61 bits per heavy atom. The average Bonchev–Trinajstić information content (AvgIpc) is 3.25. The van der Waals surface area contributed by atoms with Crippen molar-refractivity contribution in [3.8, 4) is 0 Å². The lowest BCUT2D eigenvalue weighted by Gasteiger charge is -2.36. The van der Waals surface area contributed by atoms with Gasteiger partial charge >= 0.3 is 0 Å². The molecule has 31 heavy (non-hydrogen) atoms. The Labute approximate surface area is 186 Å². The number of hydrogen-bond acceptors (Lipinski definition) is 4. The first-order valence-corrected chi connectivity index (χ1v) is 11.8. The van der Waals surface area contributed by atoms with Gasteiger partial charge in [0.1, 0.15) is 6.54 Å². The molecule has 0 N–H and O–H groups in total. The van der Waals surface area contributed by atoms with E-state index in [1.54, 1.807) is 4.90 Å². The number of carbonyl (C=O) groups excluding carboxylic acids is 3. The van der Waals surface area contributed by atoms with Crippen LogP contribution in [0.15, 0.2) is 53.4 Å². The molecule has 0 bridgehead atoms. The zero-order chi connectivity index (χ0) is 21.4. The molecule has 0 saturated carbocycles. The summed E-state index contributed by atoms with van der Waals surface area (Å²) in [6.45, 7) is 1.96. The molecule has 1 atom stereocenters. The van der Waals surface area contributed by atoms with Gasteiger partial charge in [-0.3, -0.25) is 14.4 Å². The maximum atomic E-state index is 13.5. The number of amides is 3. The number of carbonyl (C=O) groups is 3. The quantitative estimate of drug-likeness (QED) is 0.695. The minimum atomic E-state index is -0.827. The fraction of sp³-hybridized carbons (Fsp3) is 0.375. The minimum absolute atomic E-state index is 0.0610. The Bertz CT molecular complexity index is 1030. The lowest BCUT2D eigenvalue weighted by Crippen LogP contribution is -2.53. The summed E-state index contributed by atoms with van der Waals surface area (Å²) in [5.41, 5.74) is 2.77. The van der Waals surface area contributed by atoms with Gasteiger partial charge in [0.15, 0.2) is 5.25 Å². The van der Waals surface area contributed by atoms with Crippen LogP contribution in [0.4, 0.5) is 11.4 Å². The van der Waals surface area contributed by atoms with Crippen LogP contribution in [0.1, 0.15) is 24.8 Å². The van der Waals surface area contributed by atoms with Gasteiger partial charge in [-0.05, 0) is 49.4 Å². The van der Waals surface area contributed by atoms with Crippen LogP contribution in [0, 0.1) is 0 Å². The number of fused-ring (bicyclic) bond motifs is 2. The Hall–Kier alpha value is -2.80. The van der Waals surface area contributed by atoms with Crippen molar-refractivity contribution >= 4 is 40.9 Å². The van der Waals surface area contributed by atoms with Gasteiger partial charge in [-0.1, -0.05) is 30.3 Å². The molecular formula is C24H25N3O3S. The number of hydrogen-bond donors (Lipinski definition) is 0. The number of para-hydroxylation sites is 2. The van der Waals surface area contributed by atoms with Crippen LogP contribution in [0.3, 0.4) is 0 Å². The molecule has 0 aliphatic carbocycles. The topological polar surface area (TPSA) is 60.9 Å². The first-order chi connectivity index (χ1) is 15.1. The lowest BCUT2D eigenvalue weighted by atomic mass is 10.1. The molecule has 3 aliphatic heterocycles. The summed E-state index contributed by atoms with van der Waals surface area (Å²) in [7, 11) is 0. The molecule has 5 rings (SSSR count). The highest BCUT2D eigenvalue weighted by Crippen LogP contribution is 2.40. The van der Waals surface area contributed by atoms with Crippen LogP contribution in [-0.4, -0.2) is 54.1 Å². The summed E-state index contributed by atoms with van der Waals surface area (Å²) >= 11 is 1.31. The SMILES string of the molecule is O=C([C@H]1Sc2ccccc2N(CC(=O)N2CCc3ccccc32)C1=O)N1CCCCC1. The van der Waals surface area contributed by atoms with Crippen LogP contribution in [0.5, 0.6) is 0 Å². The molecule has 2 aromatic rings. The molecule has 0 aromatic heterocycles. The van der Waals surface area contributed by atoms with Crippen molar-refractivity contribution < 1.29 is 14.4 Å². The molecule has 0 spiro atoms. The highest BCUT2D eigenvalue weighted by molar-refractivity contribution is 8.01. The van der Waals surface area contributed by atoms with E-state index in [1.165, 1.54) is 16.7 Å². The van der Waals surface area contributed by atoms with Crippen molar-refractivity contribution in [2.24, 2.45) is 0 Å². The number of rotatable bonds is 3. The Morgan fingerprint density at radius 1 is 0.903 bits per heavy atom. The van der Waals surface area contributed by atoms with Gasteiger partial charge < -0.3 is 14.7 Å². The molecule has 1 saturated heterocycles. The average molecular weight is 436 g/mol. The fourth-order valence-corrected chi connectivity index (χ4v) is 5.82. The van der Waals surface area contributed by atoms with E-state index in [4.69, 9.17) is 0 Å². The van der Waals surface area contributed by atoms with Crippen LogP contribution < -0.4 is 9.80 Å². The van der Waals surface area contributed by atoms with Crippen molar-refractivity contribution in [2.75, 3.05) is 36.0 Å². The predicted molar refractivity (Wildman–Crippen MR) is 121 cm³/mol. The van der Waals surface area contributed by atoms with E-state index in [2.05, 4.69) is 0 Å². The van der Waals surface area contributed by atoms with Crippen LogP contribution in [0.2, 0.25) is 0 Å². The zero-order valence-electron chi connectivity index (χ0n) is 17.3. The first-order valence-electron chi connectivity index (χ1n) is 10.9. The molecule has 3 amide bonds. The highest BCUT2D eigenvalue weighted by atomic mass is 32.2. The second kappa shape index (κ2) is 8.38. The number of nitrogens with zero attached hydrogens (tertiary/aromatic N) is 3. The van der Waals surface area contributed by atoms with Gasteiger partial charge in [0.05, 0.1) is 5.69 Å². The van der Waals surface area contributed by atoms with E-state index in [-0.39, 0.29) is 24.3 Å². The highest BCUT2D eigenvalue weighted by Gasteiger charge is 2.41. The summed E-state index contributed by atoms with van der Waals surface area (Å²) in [6, 6.07) is 15.4. The first kappa shape index (κ1) is 20.1. The Morgan fingerprint density at radius 3 is 2.42 bits per heavy atom. The molecule has 160 valence electrons. The molecule has 6 nitrogen and oxygen atoms in total. The van der Waals surface area contributed by atoms with Gasteiger partial charge in [0.25, 0.3) is 5.91 Å². The predicted octanol–water partition coefficient (Wildman–Crippen LogP) is 3.10. The monoisotopic (exact) mass is 435 g/mol. The van der Waals surface area contributed by atoms with Crippen LogP contribution >= 0.6 is 11.8 Å². The summed E-state index contributed by atoms with van der Waals surface area (Å²) in [5.74, 6) is -0.544. The summed E-state index contributed by atoms with van der Waals surface area (Å²) < 4.78 is 0. The normalized spacial score (nSPS) is 20.5. The van der Waals surface area contributed by atoms with Gasteiger partial charge in [0, 0.05) is 30.2 Å². The van der Waals surface area contributed by atoms with Crippen LogP contribution in [-0.2, 0) is 20.8 Å². The van der Waals surface area contributed by atoms with Crippen molar-refractivity contribution in [1.82, 2.24) is 4.90 Å². The standard InChI is InChI=1S/C24H25N3O3S/c28-21(26-15-12-17-8-2-3-9-18(17)26)16-27-19-10-4-5-11-20(19)31-22(24(27)30)23(29)25-13-6-1-7-14-25/h2-5,8-11,22H,1,6-7,12-16H2/t22-/m1/s1. The minimum Gasteiger partial charge on any atom is -0.341 e. The summed E-state index contributed by atoms with van der Waals surface area (Å²) in [6.07, 6.45) is 3.89. The number of benzene rings is 2. The fourth-order valence-electron chi connectivity index (χ4n) is 4.63. The van der Waals surface area contributed by atoms with E-state index < -0.39 is 5.25 Å². The maximum Gasteiger partial charge on any atom is 0.250 e. The van der Waals surface area contributed by atoms with Crippen molar-refractivity contribution in [3.63, 3.8) is 0 Å². The molecule has 1 fully saturated rings. The Balaban J connectivity index is 1.41. The lowest BCUT2D eigenvalue weighted by molar-refractivity contribution is -0.135. The second-order valence-electron chi connectivity index (χ2n) is 8.20. The van der Waals surface area contributed by atoms with E-state index in [0.717, 1.165) is 41.8 Å². The van der Waals surface area contributed by atoms with Crippen molar-refractivity contribution in [1.29, 1.82) is 0 Å². The molecule has 3 heterocycles. The van der Waals surface area contributed by atoms with Gasteiger partial charge in [-0.15, -0.1) is 11.8 Å². The van der Waals surface area contributed by atoms with Crippen molar-refractivity contribution in [3.05, 3.63) is 54.1 Å². The van der Waals surface area contributed by atoms with Gasteiger partial charge in [-0.25, -0.2) is 0 Å². The third kappa shape index (κ3) is 3.71. The molecule has 2 aromatic carbocycles. The van der Waals surface area contributed by atoms with E-state index in [0.29, 0.717) is 25.3 Å². The van der Waals surface area contributed by atoms with Crippen LogP contribution in [0.25, 0.3) is 0 Å². The number of anilines is 2. The summed E-state index contributed by atoms with van der Waals surface area (Å²) in [4.78, 5) is 45.8. The summed E-state index contributed by atoms with van der Waals surface area (Å²) in [5, 5.41) is -0.827. The molecular weight excluding hydrogens is 410 g/mol. The van der Waals surface area contributed by atoms with Gasteiger partial charge in [0.2, 0.25) is 11.8 Å². The Kier molecular flexibility index (Phi) is 5.44. The van der Waals surface area contributed by atoms with Gasteiger partial charge in [-0.2, -0.15) is 0 Å². The molecule has 7 heteroatoms. The number of likely N-dealkylation sites (tertiary alicyclic amines) is 1. The molecule has 0 unspecified atom stereocenters. The molecule has 3 aliphatic rings. The van der Waals surface area contributed by atoms with E-state index in [1.807, 2.05) is 53.4 Å². The number of thioether (sulfide) groups is 1. The maximum absolute atomic E-state index is 13.5. The third-order valence-corrected chi connectivity index (χ3v) is 7.50. The van der Waals surface area contributed by atoms with E-state index >= 15 is 0 Å². The van der Waals surface area contributed by atoms with Crippen molar-refractivity contribution in [2.45, 2.75) is 35.8 Å². The second-order valence-corrected chi connectivity index (χ2v) is 9.35. The van der Waals surface area contributed by atoms with E-state index in [9.17, 15) is 14.4 Å². The largest absolute Gasteiger partial charge is 0.341 e. The number of piperidine rings is 1. The molecule has 0 radical (unpaired) electrons. The third-order valence-electron chi connectivity index (χ3n) is 6.26. The smallest absolute Gasteiger partial charge is 0.250 e.